The smallest absolute Gasteiger partial charge is 0.295 e. The minimum Gasteiger partial charge on any atom is -0.507 e. The molecule has 0 aliphatic carbocycles. The molecule has 1 fully saturated rings. The number of hydrogen-bond donors (Lipinski definition) is 1. The number of rotatable bonds is 6. The van der Waals surface area contributed by atoms with Gasteiger partial charge in [0.1, 0.15) is 5.76 Å². The van der Waals surface area contributed by atoms with Crippen LogP contribution < -0.4 is 0 Å². The number of ketones is 1. The average Bonchev–Trinajstić information content (AvgIpc) is 2.93. The van der Waals surface area contributed by atoms with Crippen LogP contribution >= 0.6 is 11.6 Å². The standard InChI is InChI=1S/C22H23ClN2O3/c1-24(2)13-6-14-25-19(15-9-11-17(23)12-10-15)18(21(27)22(25)28)20(26)16-7-4-3-5-8-16/h3-5,7-12,19,26H,6,13-14H2,1-2H3/b20-18+/t19-/m1/s1. The van der Waals surface area contributed by atoms with Gasteiger partial charge in [-0.3, -0.25) is 9.59 Å². The van der Waals surface area contributed by atoms with Crippen LogP contribution in [0.3, 0.4) is 0 Å². The molecular weight excluding hydrogens is 376 g/mol. The number of nitrogens with zero attached hydrogens (tertiary/aromatic N) is 2. The third kappa shape index (κ3) is 4.11. The van der Waals surface area contributed by atoms with E-state index in [9.17, 15) is 14.7 Å². The molecule has 0 bridgehead atoms. The maximum absolute atomic E-state index is 12.8. The molecule has 1 N–H and O–H groups in total. The highest BCUT2D eigenvalue weighted by Crippen LogP contribution is 2.39. The molecule has 0 aromatic heterocycles. The Morgan fingerprint density at radius 1 is 1.07 bits per heavy atom. The Bertz CT molecular complexity index is 892. The van der Waals surface area contributed by atoms with Gasteiger partial charge >= 0.3 is 0 Å². The van der Waals surface area contributed by atoms with Gasteiger partial charge in [-0.2, -0.15) is 0 Å². The van der Waals surface area contributed by atoms with E-state index in [1.807, 2.05) is 25.1 Å². The van der Waals surface area contributed by atoms with E-state index < -0.39 is 17.7 Å². The largest absolute Gasteiger partial charge is 0.507 e. The Morgan fingerprint density at radius 2 is 1.71 bits per heavy atom. The summed E-state index contributed by atoms with van der Waals surface area (Å²) in [7, 11) is 3.92. The molecule has 2 aromatic carbocycles. The van der Waals surface area contributed by atoms with Crippen LogP contribution in [-0.2, 0) is 9.59 Å². The van der Waals surface area contributed by atoms with E-state index in [0.29, 0.717) is 17.1 Å². The summed E-state index contributed by atoms with van der Waals surface area (Å²) in [5.41, 5.74) is 1.36. The molecule has 1 saturated heterocycles. The number of likely N-dealkylation sites (tertiary alicyclic amines) is 1. The van der Waals surface area contributed by atoms with Gasteiger partial charge in [0.25, 0.3) is 11.7 Å². The van der Waals surface area contributed by atoms with Crippen molar-refractivity contribution in [2.45, 2.75) is 12.5 Å². The van der Waals surface area contributed by atoms with E-state index in [1.54, 1.807) is 53.4 Å². The van der Waals surface area contributed by atoms with Crippen LogP contribution in [0.5, 0.6) is 0 Å². The number of hydrogen-bond acceptors (Lipinski definition) is 4. The molecule has 0 spiro atoms. The van der Waals surface area contributed by atoms with Crippen LogP contribution in [0, 0.1) is 0 Å². The second-order valence-electron chi connectivity index (χ2n) is 7.07. The summed E-state index contributed by atoms with van der Waals surface area (Å²) >= 11 is 6.01. The number of amides is 1. The minimum absolute atomic E-state index is 0.114. The van der Waals surface area contributed by atoms with Gasteiger partial charge in [-0.15, -0.1) is 0 Å². The molecule has 5 nitrogen and oxygen atoms in total. The minimum atomic E-state index is -0.661. The Balaban J connectivity index is 2.07. The Kier molecular flexibility index (Phi) is 6.17. The lowest BCUT2D eigenvalue weighted by atomic mass is 9.95. The summed E-state index contributed by atoms with van der Waals surface area (Å²) < 4.78 is 0. The van der Waals surface area contributed by atoms with Crippen molar-refractivity contribution in [1.82, 2.24) is 9.80 Å². The number of Topliss-reactive ketones (excluding diaryl/α,β-unsaturated/α-hetero) is 1. The van der Waals surface area contributed by atoms with E-state index in [1.165, 1.54) is 0 Å². The van der Waals surface area contributed by atoms with Crippen molar-refractivity contribution in [2.24, 2.45) is 0 Å². The van der Waals surface area contributed by atoms with Crippen molar-refractivity contribution >= 4 is 29.1 Å². The van der Waals surface area contributed by atoms with E-state index in [2.05, 4.69) is 0 Å². The van der Waals surface area contributed by atoms with Gasteiger partial charge in [0.15, 0.2) is 0 Å². The highest BCUT2D eigenvalue weighted by atomic mass is 35.5. The molecule has 6 heteroatoms. The van der Waals surface area contributed by atoms with E-state index in [4.69, 9.17) is 11.6 Å². The molecule has 1 aliphatic rings. The fourth-order valence-electron chi connectivity index (χ4n) is 3.41. The number of benzene rings is 2. The fourth-order valence-corrected chi connectivity index (χ4v) is 3.54. The lowest BCUT2D eigenvalue weighted by Crippen LogP contribution is -2.32. The van der Waals surface area contributed by atoms with Gasteiger partial charge in [-0.25, -0.2) is 0 Å². The lowest BCUT2D eigenvalue weighted by Gasteiger charge is -2.26. The molecule has 1 amide bonds. The molecule has 1 aliphatic heterocycles. The van der Waals surface area contributed by atoms with Gasteiger partial charge in [-0.05, 0) is 44.8 Å². The molecule has 3 rings (SSSR count). The van der Waals surface area contributed by atoms with E-state index in [0.717, 1.165) is 18.5 Å². The van der Waals surface area contributed by atoms with Crippen molar-refractivity contribution in [1.29, 1.82) is 0 Å². The number of aliphatic hydroxyl groups excluding tert-OH is 1. The maximum Gasteiger partial charge on any atom is 0.295 e. The van der Waals surface area contributed by atoms with Crippen LogP contribution in [0.25, 0.3) is 5.76 Å². The first-order valence-corrected chi connectivity index (χ1v) is 9.52. The summed E-state index contributed by atoms with van der Waals surface area (Å²) in [4.78, 5) is 29.2. The highest BCUT2D eigenvalue weighted by molar-refractivity contribution is 6.46. The summed E-state index contributed by atoms with van der Waals surface area (Å²) in [6, 6.07) is 15.2. The number of carbonyl (C=O) groups excluding carboxylic acids is 2. The summed E-state index contributed by atoms with van der Waals surface area (Å²) in [6.07, 6.45) is 0.718. The van der Waals surface area contributed by atoms with Gasteiger partial charge in [-0.1, -0.05) is 54.1 Å². The van der Waals surface area contributed by atoms with Crippen molar-refractivity contribution in [3.63, 3.8) is 0 Å². The van der Waals surface area contributed by atoms with Crippen LogP contribution in [0.1, 0.15) is 23.6 Å². The quantitative estimate of drug-likeness (QED) is 0.457. The zero-order chi connectivity index (χ0) is 20.3. The normalized spacial score (nSPS) is 18.9. The second kappa shape index (κ2) is 8.59. The number of aliphatic hydroxyl groups is 1. The van der Waals surface area contributed by atoms with Crippen LogP contribution in [-0.4, -0.2) is 53.8 Å². The zero-order valence-electron chi connectivity index (χ0n) is 15.9. The first-order valence-electron chi connectivity index (χ1n) is 9.14. The Labute approximate surface area is 169 Å². The summed E-state index contributed by atoms with van der Waals surface area (Å²) in [5.74, 6) is -1.41. The average molecular weight is 399 g/mol. The van der Waals surface area contributed by atoms with Crippen LogP contribution in [0.15, 0.2) is 60.2 Å². The third-order valence-electron chi connectivity index (χ3n) is 4.78. The van der Waals surface area contributed by atoms with Gasteiger partial charge in [0.2, 0.25) is 0 Å². The summed E-state index contributed by atoms with van der Waals surface area (Å²) in [6.45, 7) is 1.20. The fraction of sp³-hybridized carbons (Fsp3) is 0.273. The van der Waals surface area contributed by atoms with Crippen LogP contribution in [0.2, 0.25) is 5.02 Å². The Hall–Kier alpha value is -2.63. The molecule has 1 atom stereocenters. The zero-order valence-corrected chi connectivity index (χ0v) is 16.7. The molecule has 1 heterocycles. The summed E-state index contributed by atoms with van der Waals surface area (Å²) in [5, 5.41) is 11.4. The van der Waals surface area contributed by atoms with Crippen molar-refractivity contribution in [3.8, 4) is 0 Å². The van der Waals surface area contributed by atoms with Gasteiger partial charge in [0.05, 0.1) is 11.6 Å². The monoisotopic (exact) mass is 398 g/mol. The molecule has 28 heavy (non-hydrogen) atoms. The lowest BCUT2D eigenvalue weighted by molar-refractivity contribution is -0.139. The maximum atomic E-state index is 12.8. The van der Waals surface area contributed by atoms with E-state index in [-0.39, 0.29) is 11.3 Å². The number of halogens is 1. The van der Waals surface area contributed by atoms with Gasteiger partial charge in [0, 0.05) is 17.1 Å². The number of carbonyl (C=O) groups is 2. The van der Waals surface area contributed by atoms with E-state index >= 15 is 0 Å². The Morgan fingerprint density at radius 3 is 2.32 bits per heavy atom. The second-order valence-corrected chi connectivity index (χ2v) is 7.50. The van der Waals surface area contributed by atoms with Crippen LogP contribution in [0.4, 0.5) is 0 Å². The molecule has 0 saturated carbocycles. The SMILES string of the molecule is CN(C)CCCN1C(=O)C(=O)/C(=C(/O)c2ccccc2)[C@H]1c1ccc(Cl)cc1. The molecular formula is C22H23ClN2O3. The molecule has 146 valence electrons. The predicted molar refractivity (Wildman–Crippen MR) is 110 cm³/mol. The highest BCUT2D eigenvalue weighted by Gasteiger charge is 2.45. The van der Waals surface area contributed by atoms with Gasteiger partial charge < -0.3 is 14.9 Å². The predicted octanol–water partition coefficient (Wildman–Crippen LogP) is 3.71. The first-order chi connectivity index (χ1) is 13.4. The van der Waals surface area contributed by atoms with Crippen molar-refractivity contribution in [2.75, 3.05) is 27.2 Å². The molecule has 2 aromatic rings. The van der Waals surface area contributed by atoms with Crippen molar-refractivity contribution < 1.29 is 14.7 Å². The molecule has 0 unspecified atom stereocenters. The third-order valence-corrected chi connectivity index (χ3v) is 5.03. The topological polar surface area (TPSA) is 60.9 Å². The molecule has 0 radical (unpaired) electrons. The first kappa shape index (κ1) is 20.1. The van der Waals surface area contributed by atoms with Crippen molar-refractivity contribution in [3.05, 3.63) is 76.3 Å².